The van der Waals surface area contributed by atoms with Crippen LogP contribution in [0.25, 0.3) is 88.7 Å². The van der Waals surface area contributed by atoms with Gasteiger partial charge < -0.3 is 0 Å². The van der Waals surface area contributed by atoms with Crippen LogP contribution in [0.3, 0.4) is 0 Å². The van der Waals surface area contributed by atoms with Gasteiger partial charge in [0.15, 0.2) is 17.5 Å². The highest BCUT2D eigenvalue weighted by Gasteiger charge is 2.37. The van der Waals surface area contributed by atoms with E-state index < -0.39 is 0 Å². The Balaban J connectivity index is 1.11. The molecule has 0 fully saturated rings. The van der Waals surface area contributed by atoms with Crippen LogP contribution in [0.2, 0.25) is 0 Å². The lowest BCUT2D eigenvalue weighted by Gasteiger charge is -2.42. The Labute approximate surface area is 328 Å². The van der Waals surface area contributed by atoms with E-state index in [1.807, 2.05) is 0 Å². The summed E-state index contributed by atoms with van der Waals surface area (Å²) in [6.45, 7) is 9.57. The summed E-state index contributed by atoms with van der Waals surface area (Å²) in [4.78, 5) is 15.6. The fraction of sp³-hybridized carbons (Fsp3) is 0.151. The van der Waals surface area contributed by atoms with Gasteiger partial charge in [0.25, 0.3) is 0 Å². The van der Waals surface area contributed by atoms with Crippen molar-refractivity contribution >= 4 is 32.3 Å². The lowest BCUT2D eigenvalue weighted by molar-refractivity contribution is 0.332. The maximum absolute atomic E-state index is 5.23. The Morgan fingerprint density at radius 1 is 0.339 bits per heavy atom. The maximum atomic E-state index is 5.23. The van der Waals surface area contributed by atoms with Crippen molar-refractivity contribution in [1.82, 2.24) is 15.0 Å². The largest absolute Gasteiger partial charge is 0.208 e. The van der Waals surface area contributed by atoms with Gasteiger partial charge in [-0.05, 0) is 108 Å². The Kier molecular flexibility index (Phi) is 7.97. The smallest absolute Gasteiger partial charge is 0.164 e. The molecule has 1 heterocycles. The minimum Gasteiger partial charge on any atom is -0.208 e. The maximum Gasteiger partial charge on any atom is 0.164 e. The van der Waals surface area contributed by atoms with Gasteiger partial charge in [-0.15, -0.1) is 0 Å². The molecule has 0 bridgehead atoms. The van der Waals surface area contributed by atoms with Crippen molar-refractivity contribution < 1.29 is 0 Å². The summed E-state index contributed by atoms with van der Waals surface area (Å²) in [5, 5.41) is 7.12. The molecule has 0 amide bonds. The van der Waals surface area contributed by atoms with Crippen LogP contribution in [0.15, 0.2) is 164 Å². The monoisotopic (exact) mass is 721 g/mol. The molecule has 3 heteroatoms. The molecule has 0 saturated carbocycles. The standard InChI is InChI=1S/C53H43N3/c1-52(2)29-30-53(3,4)48-33-41(25-28-47(48)52)43-26-27-46(45-16-10-9-15-44(43)45)51-55-49(54-50(56-51)42-24-20-35-12-6-8-14-39(35)32-42)37-21-17-36(18-22-37)40-23-19-34-11-5-7-13-38(34)31-40/h5-28,31-33H,29-30H2,1-4H3. The number of fused-ring (bicyclic) bond motifs is 4. The van der Waals surface area contributed by atoms with Gasteiger partial charge in [-0.25, -0.2) is 15.0 Å². The molecular formula is C53H43N3. The van der Waals surface area contributed by atoms with Gasteiger partial charge in [-0.3, -0.25) is 0 Å². The number of hydrogen-bond acceptors (Lipinski definition) is 3. The first-order valence-electron chi connectivity index (χ1n) is 19.7. The van der Waals surface area contributed by atoms with Gasteiger partial charge in [0.2, 0.25) is 0 Å². The van der Waals surface area contributed by atoms with Gasteiger partial charge in [-0.2, -0.15) is 0 Å². The minimum absolute atomic E-state index is 0.130. The third-order valence-electron chi connectivity index (χ3n) is 12.2. The van der Waals surface area contributed by atoms with Crippen LogP contribution in [0.1, 0.15) is 51.7 Å². The average molecular weight is 722 g/mol. The Morgan fingerprint density at radius 2 is 0.804 bits per heavy atom. The summed E-state index contributed by atoms with van der Waals surface area (Å²) < 4.78 is 0. The lowest BCUT2D eigenvalue weighted by atomic mass is 9.63. The van der Waals surface area contributed by atoms with Crippen LogP contribution in [0.5, 0.6) is 0 Å². The van der Waals surface area contributed by atoms with E-state index in [0.717, 1.165) is 33.0 Å². The number of hydrogen-bond donors (Lipinski definition) is 0. The second-order valence-corrected chi connectivity index (χ2v) is 16.7. The van der Waals surface area contributed by atoms with Crippen molar-refractivity contribution in [3.8, 4) is 56.4 Å². The summed E-state index contributed by atoms with van der Waals surface area (Å²) >= 11 is 0. The molecule has 1 aromatic heterocycles. The molecule has 0 atom stereocenters. The molecule has 10 rings (SSSR count). The fourth-order valence-corrected chi connectivity index (χ4v) is 8.77. The second-order valence-electron chi connectivity index (χ2n) is 16.7. The van der Waals surface area contributed by atoms with Gasteiger partial charge >= 0.3 is 0 Å². The van der Waals surface area contributed by atoms with Crippen molar-refractivity contribution in [2.45, 2.75) is 51.4 Å². The van der Waals surface area contributed by atoms with Gasteiger partial charge in [0.1, 0.15) is 0 Å². The fourth-order valence-electron chi connectivity index (χ4n) is 8.77. The van der Waals surface area contributed by atoms with Crippen molar-refractivity contribution in [3.05, 3.63) is 175 Å². The molecule has 0 spiro atoms. The van der Waals surface area contributed by atoms with Crippen molar-refractivity contribution in [2.24, 2.45) is 0 Å². The minimum atomic E-state index is 0.130. The summed E-state index contributed by atoms with van der Waals surface area (Å²) in [7, 11) is 0. The quantitative estimate of drug-likeness (QED) is 0.178. The zero-order valence-electron chi connectivity index (χ0n) is 32.3. The molecule has 0 radical (unpaired) electrons. The van der Waals surface area contributed by atoms with E-state index in [1.165, 1.54) is 62.2 Å². The predicted octanol–water partition coefficient (Wildman–Crippen LogP) is 14.0. The van der Waals surface area contributed by atoms with E-state index in [9.17, 15) is 0 Å². The van der Waals surface area contributed by atoms with Gasteiger partial charge in [0.05, 0.1) is 0 Å². The van der Waals surface area contributed by atoms with Crippen LogP contribution in [0, 0.1) is 0 Å². The molecule has 270 valence electrons. The predicted molar refractivity (Wildman–Crippen MR) is 235 cm³/mol. The van der Waals surface area contributed by atoms with Gasteiger partial charge in [-0.1, -0.05) is 173 Å². The normalized spacial score (nSPS) is 14.6. The molecule has 1 aliphatic rings. The lowest BCUT2D eigenvalue weighted by Crippen LogP contribution is -2.33. The van der Waals surface area contributed by atoms with Crippen LogP contribution in [0.4, 0.5) is 0 Å². The van der Waals surface area contributed by atoms with E-state index >= 15 is 0 Å². The molecule has 3 nitrogen and oxygen atoms in total. The topological polar surface area (TPSA) is 38.7 Å². The first kappa shape index (κ1) is 34.1. The van der Waals surface area contributed by atoms with Crippen LogP contribution < -0.4 is 0 Å². The summed E-state index contributed by atoms with van der Waals surface area (Å²) in [5.41, 5.74) is 10.9. The Morgan fingerprint density at radius 3 is 1.48 bits per heavy atom. The van der Waals surface area contributed by atoms with Gasteiger partial charge in [0, 0.05) is 16.7 Å². The van der Waals surface area contributed by atoms with Crippen LogP contribution >= 0.6 is 0 Å². The molecule has 0 aliphatic heterocycles. The Bertz CT molecular complexity index is 2970. The molecule has 0 unspecified atom stereocenters. The molecule has 0 N–H and O–H groups in total. The van der Waals surface area contributed by atoms with Crippen LogP contribution in [-0.2, 0) is 10.8 Å². The van der Waals surface area contributed by atoms with E-state index in [1.54, 1.807) is 0 Å². The number of rotatable bonds is 5. The van der Waals surface area contributed by atoms with Crippen molar-refractivity contribution in [3.63, 3.8) is 0 Å². The third kappa shape index (κ3) is 5.95. The van der Waals surface area contributed by atoms with E-state index in [-0.39, 0.29) is 10.8 Å². The van der Waals surface area contributed by atoms with E-state index in [0.29, 0.717) is 17.5 Å². The number of benzene rings is 8. The summed E-state index contributed by atoms with van der Waals surface area (Å²) in [5.74, 6) is 1.96. The highest BCUT2D eigenvalue weighted by Crippen LogP contribution is 2.47. The van der Waals surface area contributed by atoms with Crippen molar-refractivity contribution in [2.75, 3.05) is 0 Å². The highest BCUT2D eigenvalue weighted by molar-refractivity contribution is 6.04. The van der Waals surface area contributed by atoms with E-state index in [2.05, 4.69) is 191 Å². The number of aromatic nitrogens is 3. The average Bonchev–Trinajstić information content (AvgIpc) is 3.24. The summed E-state index contributed by atoms with van der Waals surface area (Å²) in [6, 6.07) is 58.9. The molecule has 56 heavy (non-hydrogen) atoms. The highest BCUT2D eigenvalue weighted by atomic mass is 15.0. The molecule has 9 aromatic rings. The number of nitrogens with zero attached hydrogens (tertiary/aromatic N) is 3. The second kappa shape index (κ2) is 13.1. The molecule has 1 aliphatic carbocycles. The Hall–Kier alpha value is -6.45. The molecule has 0 saturated heterocycles. The SMILES string of the molecule is CC1(C)CCC(C)(C)c2cc(-c3ccc(-c4nc(-c5ccc(-c6ccc7ccccc7c6)cc5)nc(-c5ccc6ccccc6c5)n4)c4ccccc34)ccc21. The zero-order chi connectivity index (χ0) is 38.0. The van der Waals surface area contributed by atoms with Crippen molar-refractivity contribution in [1.29, 1.82) is 0 Å². The first-order chi connectivity index (χ1) is 27.2. The van der Waals surface area contributed by atoms with E-state index in [4.69, 9.17) is 15.0 Å². The molecule has 8 aromatic carbocycles. The zero-order valence-corrected chi connectivity index (χ0v) is 32.3. The van der Waals surface area contributed by atoms with Crippen LogP contribution in [-0.4, -0.2) is 15.0 Å². The summed E-state index contributed by atoms with van der Waals surface area (Å²) in [6.07, 6.45) is 2.39. The molecular weight excluding hydrogens is 679 g/mol. The third-order valence-corrected chi connectivity index (χ3v) is 12.2. The first-order valence-corrected chi connectivity index (χ1v) is 19.7.